The van der Waals surface area contributed by atoms with Crippen molar-refractivity contribution in [1.82, 2.24) is 0 Å². The van der Waals surface area contributed by atoms with Crippen LogP contribution in [0.5, 0.6) is 0 Å². The van der Waals surface area contributed by atoms with E-state index in [1.165, 1.54) is 11.3 Å². The van der Waals surface area contributed by atoms with Gasteiger partial charge in [-0.1, -0.05) is 86.1 Å². The summed E-state index contributed by atoms with van der Waals surface area (Å²) >= 11 is 7.73. The average Bonchev–Trinajstić information content (AvgIpc) is 3.69. The minimum Gasteiger partial charge on any atom is -0.352 e. The van der Waals surface area contributed by atoms with Crippen LogP contribution in [0, 0.1) is 11.8 Å². The van der Waals surface area contributed by atoms with E-state index in [1.807, 2.05) is 89.2 Å². The minimum absolute atomic E-state index is 0.171. The van der Waals surface area contributed by atoms with Gasteiger partial charge in [0.1, 0.15) is 11.5 Å². The predicted molar refractivity (Wildman–Crippen MR) is 169 cm³/mol. The number of ketones is 2. The van der Waals surface area contributed by atoms with Crippen LogP contribution < -0.4 is 10.2 Å². The van der Waals surface area contributed by atoms with Crippen LogP contribution in [0.4, 0.5) is 11.4 Å². The maximum Gasteiger partial charge on any atom is 0.238 e. The van der Waals surface area contributed by atoms with Gasteiger partial charge in [0.05, 0.1) is 16.8 Å². The number of carbonyl (C=O) groups is 3. The van der Waals surface area contributed by atoms with Gasteiger partial charge in [-0.3, -0.25) is 14.4 Å². The fraction of sp³-hybridized carbons (Fsp3) is 0.229. The van der Waals surface area contributed by atoms with Gasteiger partial charge in [-0.2, -0.15) is 0 Å². The van der Waals surface area contributed by atoms with Crippen LogP contribution in [0.25, 0.3) is 6.08 Å². The zero-order valence-electron chi connectivity index (χ0n) is 23.2. The molecule has 0 unspecified atom stereocenters. The summed E-state index contributed by atoms with van der Waals surface area (Å²) < 4.78 is 0. The number of carbonyl (C=O) groups excluding carboxylic acids is 3. The van der Waals surface area contributed by atoms with Gasteiger partial charge in [0.15, 0.2) is 11.6 Å². The van der Waals surface area contributed by atoms with E-state index in [-0.39, 0.29) is 17.5 Å². The molecule has 210 valence electrons. The Bertz CT molecular complexity index is 1760. The summed E-state index contributed by atoms with van der Waals surface area (Å²) in [7, 11) is 0. The second kappa shape index (κ2) is 10.1. The summed E-state index contributed by atoms with van der Waals surface area (Å²) in [6.45, 7) is 4.32. The van der Waals surface area contributed by atoms with Crippen molar-refractivity contribution in [3.8, 4) is 0 Å². The molecule has 7 rings (SSSR count). The van der Waals surface area contributed by atoms with Gasteiger partial charge < -0.3 is 10.2 Å². The lowest BCUT2D eigenvalue weighted by molar-refractivity contribution is -0.121. The third-order valence-electron chi connectivity index (χ3n) is 8.79. The van der Waals surface area contributed by atoms with Crippen molar-refractivity contribution in [1.29, 1.82) is 0 Å². The molecule has 4 atom stereocenters. The number of thiophene rings is 1. The quantitative estimate of drug-likeness (QED) is 0.236. The van der Waals surface area contributed by atoms with E-state index >= 15 is 0 Å². The van der Waals surface area contributed by atoms with Crippen molar-refractivity contribution in [2.24, 2.45) is 11.8 Å². The average molecular weight is 593 g/mol. The molecule has 1 aromatic heterocycles. The maximum absolute atomic E-state index is 14.9. The molecule has 3 aliphatic heterocycles. The number of anilines is 2. The Kier molecular flexibility index (Phi) is 6.44. The van der Waals surface area contributed by atoms with Crippen molar-refractivity contribution in [3.63, 3.8) is 0 Å². The Morgan fingerprint density at radius 2 is 1.79 bits per heavy atom. The number of benzene rings is 3. The first-order valence-corrected chi connectivity index (χ1v) is 15.4. The zero-order valence-corrected chi connectivity index (χ0v) is 24.8. The monoisotopic (exact) mass is 592 g/mol. The number of para-hydroxylation sites is 1. The van der Waals surface area contributed by atoms with Crippen LogP contribution in [0.1, 0.15) is 50.6 Å². The number of rotatable bonds is 6. The molecule has 1 fully saturated rings. The van der Waals surface area contributed by atoms with E-state index in [0.29, 0.717) is 27.1 Å². The first-order valence-electron chi connectivity index (χ1n) is 14.2. The van der Waals surface area contributed by atoms with Crippen molar-refractivity contribution < 1.29 is 14.4 Å². The molecule has 0 aliphatic carbocycles. The first kappa shape index (κ1) is 26.9. The van der Waals surface area contributed by atoms with Crippen LogP contribution in [-0.4, -0.2) is 29.6 Å². The molecule has 0 bridgehead atoms. The molecule has 42 heavy (non-hydrogen) atoms. The SMILES string of the molecule is CC(C)Cc1ccc(C(=O)[C@H]2[C@@H](C(=O)c3cccs3)N3c4ccc(Cl)cc4C=C[C@@H]3[C@]23C(=O)Nc2ccccc23)cc1. The highest BCUT2D eigenvalue weighted by molar-refractivity contribution is 7.12. The molecule has 0 saturated carbocycles. The largest absolute Gasteiger partial charge is 0.352 e. The number of Topliss-reactive ketones (excluding diaryl/α,β-unsaturated/α-hetero) is 2. The molecule has 1 spiro atoms. The number of hydrogen-bond acceptors (Lipinski definition) is 5. The van der Waals surface area contributed by atoms with Crippen LogP contribution in [-0.2, 0) is 16.6 Å². The second-order valence-corrected chi connectivity index (χ2v) is 13.1. The van der Waals surface area contributed by atoms with Crippen molar-refractivity contribution in [2.45, 2.75) is 37.8 Å². The van der Waals surface area contributed by atoms with E-state index in [0.717, 1.165) is 28.8 Å². The predicted octanol–water partition coefficient (Wildman–Crippen LogP) is 7.46. The van der Waals surface area contributed by atoms with E-state index < -0.39 is 23.4 Å². The molecule has 1 amide bonds. The normalized spacial score (nSPS) is 23.6. The Morgan fingerprint density at radius 3 is 2.52 bits per heavy atom. The molecule has 3 aromatic carbocycles. The zero-order chi connectivity index (χ0) is 29.2. The van der Waals surface area contributed by atoms with E-state index in [2.05, 4.69) is 19.2 Å². The van der Waals surface area contributed by atoms with Crippen LogP contribution >= 0.6 is 22.9 Å². The Hall–Kier alpha value is -4.00. The van der Waals surface area contributed by atoms with E-state index in [4.69, 9.17) is 11.6 Å². The molecular formula is C35H29ClN2O3S. The highest BCUT2D eigenvalue weighted by Gasteiger charge is 2.70. The van der Waals surface area contributed by atoms with Crippen molar-refractivity contribution >= 4 is 57.9 Å². The second-order valence-electron chi connectivity index (χ2n) is 11.7. The van der Waals surface area contributed by atoms with Gasteiger partial charge in [-0.25, -0.2) is 0 Å². The molecule has 1 N–H and O–H groups in total. The van der Waals surface area contributed by atoms with Gasteiger partial charge in [0.2, 0.25) is 5.91 Å². The minimum atomic E-state index is -1.32. The Balaban J connectivity index is 1.48. The fourth-order valence-corrected chi connectivity index (χ4v) is 8.05. The molecule has 4 aromatic rings. The first-order chi connectivity index (χ1) is 20.3. The lowest BCUT2D eigenvalue weighted by Gasteiger charge is -2.37. The summed E-state index contributed by atoms with van der Waals surface area (Å²) in [5.41, 5.74) is 3.35. The number of nitrogens with one attached hydrogen (secondary N) is 1. The van der Waals surface area contributed by atoms with Gasteiger partial charge in [0.25, 0.3) is 0 Å². The van der Waals surface area contributed by atoms with Crippen LogP contribution in [0.2, 0.25) is 5.02 Å². The fourth-order valence-electron chi connectivity index (χ4n) is 7.17. The summed E-state index contributed by atoms with van der Waals surface area (Å²) in [6.07, 6.45) is 4.82. The van der Waals surface area contributed by atoms with Gasteiger partial charge >= 0.3 is 0 Å². The van der Waals surface area contributed by atoms with Crippen LogP contribution in [0.15, 0.2) is 90.3 Å². The number of hydrogen-bond donors (Lipinski definition) is 1. The lowest BCUT2D eigenvalue weighted by Crippen LogP contribution is -2.51. The third-order valence-corrected chi connectivity index (χ3v) is 9.91. The van der Waals surface area contributed by atoms with Crippen molar-refractivity contribution in [3.05, 3.63) is 122 Å². The topological polar surface area (TPSA) is 66.5 Å². The molecular weight excluding hydrogens is 564 g/mol. The van der Waals surface area contributed by atoms with Gasteiger partial charge in [0, 0.05) is 22.0 Å². The molecule has 4 heterocycles. The van der Waals surface area contributed by atoms with Gasteiger partial charge in [-0.15, -0.1) is 11.3 Å². The molecule has 7 heteroatoms. The highest BCUT2D eigenvalue weighted by atomic mass is 35.5. The molecule has 3 aliphatic rings. The molecule has 0 radical (unpaired) electrons. The number of halogens is 1. The van der Waals surface area contributed by atoms with Crippen molar-refractivity contribution in [2.75, 3.05) is 10.2 Å². The van der Waals surface area contributed by atoms with E-state index in [1.54, 1.807) is 12.1 Å². The maximum atomic E-state index is 14.9. The number of amides is 1. The van der Waals surface area contributed by atoms with Crippen LogP contribution in [0.3, 0.4) is 0 Å². The number of nitrogens with zero attached hydrogens (tertiary/aromatic N) is 1. The summed E-state index contributed by atoms with van der Waals surface area (Å²) in [5, 5.41) is 5.51. The summed E-state index contributed by atoms with van der Waals surface area (Å²) in [5.74, 6) is -1.16. The lowest BCUT2D eigenvalue weighted by atomic mass is 9.64. The standard InChI is InChI=1S/C35H29ClN2O3S/c1-20(2)18-21-9-11-22(12-10-21)32(39)30-31(33(40)28-8-5-17-42-28)38-27-15-14-24(36)19-23(27)13-16-29(38)35(30)25-6-3-4-7-26(25)37-34(35)41/h3-17,19-20,29-31H,18H2,1-2H3,(H,37,41)/t29-,30-,31+,35+/m1/s1. The third kappa shape index (κ3) is 3.92. The number of fused-ring (bicyclic) bond motifs is 6. The molecule has 1 saturated heterocycles. The summed E-state index contributed by atoms with van der Waals surface area (Å²) in [4.78, 5) is 46.4. The Morgan fingerprint density at radius 1 is 1.00 bits per heavy atom. The summed E-state index contributed by atoms with van der Waals surface area (Å²) in [6, 6.07) is 22.9. The smallest absolute Gasteiger partial charge is 0.238 e. The van der Waals surface area contributed by atoms with E-state index in [9.17, 15) is 14.4 Å². The molecule has 5 nitrogen and oxygen atoms in total. The Labute approximate surface area is 253 Å². The highest BCUT2D eigenvalue weighted by Crippen LogP contribution is 2.58. The van der Waals surface area contributed by atoms with Gasteiger partial charge in [-0.05, 0) is 64.7 Å².